The third-order valence-corrected chi connectivity index (χ3v) is 5.69. The topological polar surface area (TPSA) is 86.8 Å². The molecule has 2 saturated heterocycles. The molecule has 156 valence electrons. The molecule has 0 aliphatic carbocycles. The molecule has 3 rings (SSSR count). The average Bonchev–Trinajstić information content (AvgIpc) is 3.08. The van der Waals surface area contributed by atoms with Crippen molar-refractivity contribution in [3.05, 3.63) is 35.9 Å². The van der Waals surface area contributed by atoms with Crippen molar-refractivity contribution in [3.63, 3.8) is 0 Å². The van der Waals surface area contributed by atoms with Gasteiger partial charge in [0, 0.05) is 51.5 Å². The summed E-state index contributed by atoms with van der Waals surface area (Å²) in [5.74, 6) is -0.354. The molecule has 1 unspecified atom stereocenters. The van der Waals surface area contributed by atoms with Gasteiger partial charge in [0.25, 0.3) is 0 Å². The lowest BCUT2D eigenvalue weighted by molar-refractivity contribution is -0.134. The van der Waals surface area contributed by atoms with E-state index in [1.165, 1.54) is 6.92 Å². The molecule has 3 amide bonds. The smallest absolute Gasteiger partial charge is 0.225 e. The van der Waals surface area contributed by atoms with Crippen molar-refractivity contribution in [2.24, 2.45) is 5.92 Å². The SMILES string of the molecule is CC(=O)CCC(=O)N1CCC(NC(=O)C2CC(=O)N(Cc3ccccc3)C2)CC1. The summed E-state index contributed by atoms with van der Waals surface area (Å²) in [5.41, 5.74) is 1.06. The third kappa shape index (κ3) is 5.89. The number of amides is 3. The van der Waals surface area contributed by atoms with Gasteiger partial charge >= 0.3 is 0 Å². The van der Waals surface area contributed by atoms with Crippen LogP contribution in [-0.4, -0.2) is 59.0 Å². The first-order chi connectivity index (χ1) is 13.9. The van der Waals surface area contributed by atoms with E-state index in [1.807, 2.05) is 30.3 Å². The predicted molar refractivity (Wildman–Crippen MR) is 108 cm³/mol. The number of nitrogens with one attached hydrogen (secondary N) is 1. The van der Waals surface area contributed by atoms with Crippen LogP contribution >= 0.6 is 0 Å². The summed E-state index contributed by atoms with van der Waals surface area (Å²) in [6.45, 7) is 3.65. The lowest BCUT2D eigenvalue weighted by Gasteiger charge is -2.33. The van der Waals surface area contributed by atoms with Crippen LogP contribution in [0, 0.1) is 5.92 Å². The van der Waals surface area contributed by atoms with Gasteiger partial charge in [-0.1, -0.05) is 30.3 Å². The quantitative estimate of drug-likeness (QED) is 0.753. The van der Waals surface area contributed by atoms with Crippen LogP contribution in [-0.2, 0) is 25.7 Å². The molecular formula is C22H29N3O4. The molecule has 0 spiro atoms. The van der Waals surface area contributed by atoms with Crippen LogP contribution in [0.3, 0.4) is 0 Å². The Morgan fingerprint density at radius 1 is 1.07 bits per heavy atom. The Kier molecular flexibility index (Phi) is 7.01. The minimum absolute atomic E-state index is 0.00270. The van der Waals surface area contributed by atoms with Gasteiger partial charge in [0.05, 0.1) is 5.92 Å². The molecule has 29 heavy (non-hydrogen) atoms. The Morgan fingerprint density at radius 3 is 2.41 bits per heavy atom. The van der Waals surface area contributed by atoms with Gasteiger partial charge in [0.15, 0.2) is 0 Å². The number of piperidine rings is 1. The maximum atomic E-state index is 12.6. The molecule has 7 nitrogen and oxygen atoms in total. The Bertz CT molecular complexity index is 757. The van der Waals surface area contributed by atoms with Crippen LogP contribution < -0.4 is 5.32 Å². The van der Waals surface area contributed by atoms with E-state index in [0.717, 1.165) is 5.56 Å². The fourth-order valence-corrected chi connectivity index (χ4v) is 3.94. The van der Waals surface area contributed by atoms with Crippen LogP contribution in [0.2, 0.25) is 0 Å². The van der Waals surface area contributed by atoms with E-state index in [4.69, 9.17) is 0 Å². The van der Waals surface area contributed by atoms with Gasteiger partial charge in [-0.3, -0.25) is 14.4 Å². The zero-order valence-electron chi connectivity index (χ0n) is 16.9. The summed E-state index contributed by atoms with van der Waals surface area (Å²) in [7, 11) is 0. The number of hydrogen-bond donors (Lipinski definition) is 1. The number of hydrogen-bond acceptors (Lipinski definition) is 4. The summed E-state index contributed by atoms with van der Waals surface area (Å²) >= 11 is 0. The van der Waals surface area contributed by atoms with E-state index < -0.39 is 0 Å². The van der Waals surface area contributed by atoms with E-state index in [0.29, 0.717) is 39.0 Å². The maximum Gasteiger partial charge on any atom is 0.225 e. The highest BCUT2D eigenvalue weighted by atomic mass is 16.2. The average molecular weight is 399 g/mol. The zero-order chi connectivity index (χ0) is 20.8. The molecule has 1 N–H and O–H groups in total. The van der Waals surface area contributed by atoms with Crippen molar-refractivity contribution in [3.8, 4) is 0 Å². The minimum atomic E-state index is -0.318. The number of Topliss-reactive ketones (excluding diaryl/α,β-unsaturated/α-hetero) is 1. The van der Waals surface area contributed by atoms with Gasteiger partial charge in [-0.05, 0) is 25.3 Å². The van der Waals surface area contributed by atoms with Gasteiger partial charge in [0.2, 0.25) is 17.7 Å². The predicted octanol–water partition coefficient (Wildman–Crippen LogP) is 1.51. The first-order valence-electron chi connectivity index (χ1n) is 10.3. The minimum Gasteiger partial charge on any atom is -0.353 e. The number of ketones is 1. The van der Waals surface area contributed by atoms with Crippen molar-refractivity contribution >= 4 is 23.5 Å². The molecule has 0 bridgehead atoms. The Morgan fingerprint density at radius 2 is 1.76 bits per heavy atom. The molecule has 2 aliphatic rings. The molecule has 1 atom stereocenters. The number of benzene rings is 1. The second kappa shape index (κ2) is 9.67. The van der Waals surface area contributed by atoms with Gasteiger partial charge < -0.3 is 19.9 Å². The maximum absolute atomic E-state index is 12.6. The third-order valence-electron chi connectivity index (χ3n) is 5.69. The van der Waals surface area contributed by atoms with E-state index in [2.05, 4.69) is 5.32 Å². The fraction of sp³-hybridized carbons (Fsp3) is 0.545. The van der Waals surface area contributed by atoms with Crippen molar-refractivity contribution in [2.45, 2.75) is 51.6 Å². The lowest BCUT2D eigenvalue weighted by Crippen LogP contribution is -2.48. The second-order valence-corrected chi connectivity index (χ2v) is 8.03. The first-order valence-corrected chi connectivity index (χ1v) is 10.3. The summed E-state index contributed by atoms with van der Waals surface area (Å²) < 4.78 is 0. The molecule has 0 aromatic heterocycles. The molecule has 2 aliphatic heterocycles. The van der Waals surface area contributed by atoms with Crippen molar-refractivity contribution in [1.29, 1.82) is 0 Å². The Hall–Kier alpha value is -2.70. The summed E-state index contributed by atoms with van der Waals surface area (Å²) in [5, 5.41) is 3.07. The monoisotopic (exact) mass is 399 g/mol. The normalized spacial score (nSPS) is 20.0. The number of carbonyl (C=O) groups is 4. The Balaban J connectivity index is 1.42. The molecule has 0 radical (unpaired) electrons. The highest BCUT2D eigenvalue weighted by Gasteiger charge is 2.35. The van der Waals surface area contributed by atoms with E-state index in [-0.39, 0.29) is 54.7 Å². The first kappa shape index (κ1) is 21.0. The van der Waals surface area contributed by atoms with Crippen LogP contribution in [0.15, 0.2) is 30.3 Å². The van der Waals surface area contributed by atoms with Gasteiger partial charge in [-0.2, -0.15) is 0 Å². The number of rotatable bonds is 7. The van der Waals surface area contributed by atoms with Gasteiger partial charge in [0.1, 0.15) is 5.78 Å². The standard InChI is InChI=1S/C22H29N3O4/c1-16(26)7-8-20(27)24-11-9-19(10-12-24)23-22(29)18-13-21(28)25(15-18)14-17-5-3-2-4-6-17/h2-6,18-19H,7-15H2,1H3,(H,23,29). The Labute approximate surface area is 171 Å². The van der Waals surface area contributed by atoms with Gasteiger partial charge in [-0.15, -0.1) is 0 Å². The molecule has 1 aromatic rings. The molecule has 1 aromatic carbocycles. The van der Waals surface area contributed by atoms with Crippen molar-refractivity contribution < 1.29 is 19.2 Å². The molecule has 2 fully saturated rings. The van der Waals surface area contributed by atoms with Crippen molar-refractivity contribution in [2.75, 3.05) is 19.6 Å². The summed E-state index contributed by atoms with van der Waals surface area (Å²) in [6.07, 6.45) is 2.19. The highest BCUT2D eigenvalue weighted by molar-refractivity contribution is 5.89. The second-order valence-electron chi connectivity index (χ2n) is 8.03. The number of nitrogens with zero attached hydrogens (tertiary/aromatic N) is 2. The number of likely N-dealkylation sites (tertiary alicyclic amines) is 2. The molecule has 2 heterocycles. The molecule has 7 heteroatoms. The summed E-state index contributed by atoms with van der Waals surface area (Å²) in [4.78, 5) is 51.6. The van der Waals surface area contributed by atoms with Crippen LogP contribution in [0.4, 0.5) is 0 Å². The van der Waals surface area contributed by atoms with Crippen LogP contribution in [0.1, 0.15) is 44.6 Å². The van der Waals surface area contributed by atoms with Crippen LogP contribution in [0.25, 0.3) is 0 Å². The summed E-state index contributed by atoms with van der Waals surface area (Å²) in [6, 6.07) is 9.80. The van der Waals surface area contributed by atoms with Crippen molar-refractivity contribution in [1.82, 2.24) is 15.1 Å². The lowest BCUT2D eigenvalue weighted by atomic mass is 10.0. The zero-order valence-corrected chi connectivity index (χ0v) is 16.9. The van der Waals surface area contributed by atoms with E-state index in [1.54, 1.807) is 9.80 Å². The number of carbonyl (C=O) groups excluding carboxylic acids is 4. The highest BCUT2D eigenvalue weighted by Crippen LogP contribution is 2.21. The molecule has 0 saturated carbocycles. The fourth-order valence-electron chi connectivity index (χ4n) is 3.94. The largest absolute Gasteiger partial charge is 0.353 e. The molecular weight excluding hydrogens is 370 g/mol. The van der Waals surface area contributed by atoms with Crippen LogP contribution in [0.5, 0.6) is 0 Å². The van der Waals surface area contributed by atoms with Gasteiger partial charge in [-0.25, -0.2) is 0 Å². The van der Waals surface area contributed by atoms with E-state index >= 15 is 0 Å². The van der Waals surface area contributed by atoms with E-state index in [9.17, 15) is 19.2 Å².